The van der Waals surface area contributed by atoms with Crippen molar-refractivity contribution in [1.82, 2.24) is 9.78 Å². The molecule has 1 aromatic heterocycles. The molecule has 0 spiro atoms. The van der Waals surface area contributed by atoms with Gasteiger partial charge in [-0.15, -0.1) is 0 Å². The first-order chi connectivity index (χ1) is 13.5. The van der Waals surface area contributed by atoms with Crippen LogP contribution < -0.4 is 10.2 Å². The average molecular weight is 395 g/mol. The summed E-state index contributed by atoms with van der Waals surface area (Å²) in [6, 6.07) is 14.3. The zero-order chi connectivity index (χ0) is 19.7. The van der Waals surface area contributed by atoms with Crippen LogP contribution in [0.15, 0.2) is 54.7 Å². The second-order valence-electron chi connectivity index (χ2n) is 6.70. The van der Waals surface area contributed by atoms with Gasteiger partial charge in [-0.25, -0.2) is 4.68 Å². The molecule has 142 valence electrons. The zero-order valence-electron chi connectivity index (χ0n) is 15.4. The van der Waals surface area contributed by atoms with E-state index in [1.54, 1.807) is 34.0 Å². The molecule has 4 rings (SSSR count). The molecule has 0 unspecified atom stereocenters. The third-order valence-corrected chi connectivity index (χ3v) is 4.98. The second kappa shape index (κ2) is 7.48. The normalized spacial score (nSPS) is 13.8. The molecule has 1 aliphatic heterocycles. The summed E-state index contributed by atoms with van der Waals surface area (Å²) in [6.07, 6.45) is 2.99. The lowest BCUT2D eigenvalue weighted by Gasteiger charge is -2.20. The van der Waals surface area contributed by atoms with Gasteiger partial charge in [-0.05, 0) is 55.8 Å². The van der Waals surface area contributed by atoms with Crippen LogP contribution in [0.4, 0.5) is 11.4 Å². The van der Waals surface area contributed by atoms with E-state index < -0.39 is 0 Å². The SMILES string of the molecule is Cc1ccnn1-c1cccc(NC(=O)c2ccc(Cl)cc2N2CCCC2=O)c1. The molecule has 1 saturated heterocycles. The number of anilines is 2. The predicted molar refractivity (Wildman–Crippen MR) is 109 cm³/mol. The summed E-state index contributed by atoms with van der Waals surface area (Å²) in [5, 5.41) is 7.70. The van der Waals surface area contributed by atoms with Crippen LogP contribution in [0.1, 0.15) is 28.9 Å². The molecule has 7 heteroatoms. The Morgan fingerprint density at radius 3 is 2.75 bits per heavy atom. The number of halogens is 1. The van der Waals surface area contributed by atoms with E-state index in [4.69, 9.17) is 11.6 Å². The molecule has 1 fully saturated rings. The van der Waals surface area contributed by atoms with E-state index in [2.05, 4.69) is 10.4 Å². The Balaban J connectivity index is 1.63. The molecule has 2 heterocycles. The van der Waals surface area contributed by atoms with Crippen LogP contribution in [0.25, 0.3) is 5.69 Å². The Bertz CT molecular complexity index is 1060. The van der Waals surface area contributed by atoms with Gasteiger partial charge in [0.1, 0.15) is 0 Å². The van der Waals surface area contributed by atoms with Gasteiger partial charge in [0.15, 0.2) is 0 Å². The van der Waals surface area contributed by atoms with Crippen molar-refractivity contribution in [3.63, 3.8) is 0 Å². The number of nitrogens with zero attached hydrogens (tertiary/aromatic N) is 3. The van der Waals surface area contributed by atoms with Gasteiger partial charge >= 0.3 is 0 Å². The fraction of sp³-hybridized carbons (Fsp3) is 0.190. The average Bonchev–Trinajstić information content (AvgIpc) is 3.29. The quantitative estimate of drug-likeness (QED) is 0.720. The first-order valence-corrected chi connectivity index (χ1v) is 9.43. The van der Waals surface area contributed by atoms with Crippen LogP contribution in [0.2, 0.25) is 5.02 Å². The number of aryl methyl sites for hydroxylation is 1. The van der Waals surface area contributed by atoms with Crippen molar-refractivity contribution in [1.29, 1.82) is 0 Å². The highest BCUT2D eigenvalue weighted by Crippen LogP contribution is 2.29. The number of carbonyl (C=O) groups is 2. The largest absolute Gasteiger partial charge is 0.322 e. The molecule has 3 aromatic rings. The van der Waals surface area contributed by atoms with Crippen molar-refractivity contribution in [2.24, 2.45) is 0 Å². The van der Waals surface area contributed by atoms with E-state index in [-0.39, 0.29) is 11.8 Å². The molecule has 1 N–H and O–H groups in total. The van der Waals surface area contributed by atoms with Gasteiger partial charge < -0.3 is 10.2 Å². The minimum Gasteiger partial charge on any atom is -0.322 e. The number of hydrogen-bond donors (Lipinski definition) is 1. The van der Waals surface area contributed by atoms with E-state index in [9.17, 15) is 9.59 Å². The van der Waals surface area contributed by atoms with Gasteiger partial charge in [-0.1, -0.05) is 17.7 Å². The summed E-state index contributed by atoms with van der Waals surface area (Å²) in [5.74, 6) is -0.284. The van der Waals surface area contributed by atoms with Crippen LogP contribution in [0.3, 0.4) is 0 Å². The van der Waals surface area contributed by atoms with E-state index in [1.807, 2.05) is 37.3 Å². The van der Waals surface area contributed by atoms with Crippen LogP contribution in [0, 0.1) is 6.92 Å². The summed E-state index contributed by atoms with van der Waals surface area (Å²) in [6.45, 7) is 2.55. The van der Waals surface area contributed by atoms with Gasteiger partial charge in [-0.2, -0.15) is 5.10 Å². The van der Waals surface area contributed by atoms with Gasteiger partial charge in [0.25, 0.3) is 5.91 Å². The molecular formula is C21H19ClN4O2. The van der Waals surface area contributed by atoms with E-state index >= 15 is 0 Å². The van der Waals surface area contributed by atoms with Gasteiger partial charge in [0.2, 0.25) is 5.91 Å². The van der Waals surface area contributed by atoms with Crippen molar-refractivity contribution in [3.05, 3.63) is 71.0 Å². The maximum absolute atomic E-state index is 13.0. The maximum atomic E-state index is 13.0. The predicted octanol–water partition coefficient (Wildman–Crippen LogP) is 4.21. The monoisotopic (exact) mass is 394 g/mol. The Hall–Kier alpha value is -3.12. The van der Waals surface area contributed by atoms with Crippen molar-refractivity contribution < 1.29 is 9.59 Å². The molecule has 0 bridgehead atoms. The lowest BCUT2D eigenvalue weighted by molar-refractivity contribution is -0.117. The first kappa shape index (κ1) is 18.3. The van der Waals surface area contributed by atoms with E-state index in [0.29, 0.717) is 34.9 Å². The summed E-state index contributed by atoms with van der Waals surface area (Å²) in [5.41, 5.74) is 3.46. The number of benzene rings is 2. The fourth-order valence-electron chi connectivity index (χ4n) is 3.38. The lowest BCUT2D eigenvalue weighted by Crippen LogP contribution is -2.27. The Labute approximate surface area is 167 Å². The lowest BCUT2D eigenvalue weighted by atomic mass is 10.1. The number of nitrogens with one attached hydrogen (secondary N) is 1. The molecule has 6 nitrogen and oxygen atoms in total. The summed E-state index contributed by atoms with van der Waals surface area (Å²) < 4.78 is 1.80. The van der Waals surface area contributed by atoms with Crippen LogP contribution in [-0.2, 0) is 4.79 Å². The van der Waals surface area contributed by atoms with Crippen molar-refractivity contribution in [3.8, 4) is 5.69 Å². The smallest absolute Gasteiger partial charge is 0.257 e. The number of rotatable bonds is 4. The third kappa shape index (κ3) is 3.51. The molecule has 1 aliphatic rings. The maximum Gasteiger partial charge on any atom is 0.257 e. The van der Waals surface area contributed by atoms with Crippen LogP contribution in [0.5, 0.6) is 0 Å². The topological polar surface area (TPSA) is 67.2 Å². The van der Waals surface area contributed by atoms with Crippen molar-refractivity contribution >= 4 is 34.8 Å². The molecule has 0 radical (unpaired) electrons. The molecule has 28 heavy (non-hydrogen) atoms. The number of carbonyl (C=O) groups excluding carboxylic acids is 2. The standard InChI is InChI=1S/C21H19ClN4O2/c1-14-9-10-23-26(14)17-5-2-4-16(13-17)24-21(28)18-8-7-15(22)12-19(18)25-11-3-6-20(25)27/h2,4-5,7-10,12-13H,3,6,11H2,1H3,(H,24,28). The highest BCUT2D eigenvalue weighted by molar-refractivity contribution is 6.31. The minimum atomic E-state index is -0.291. The van der Waals surface area contributed by atoms with Crippen LogP contribution in [-0.4, -0.2) is 28.1 Å². The Morgan fingerprint density at radius 1 is 1.18 bits per heavy atom. The molecule has 0 aliphatic carbocycles. The number of aromatic nitrogens is 2. The van der Waals surface area contributed by atoms with Crippen molar-refractivity contribution in [2.45, 2.75) is 19.8 Å². The molecule has 0 atom stereocenters. The van der Waals surface area contributed by atoms with Gasteiger partial charge in [-0.3, -0.25) is 9.59 Å². The van der Waals surface area contributed by atoms with E-state index in [1.165, 1.54) is 0 Å². The summed E-state index contributed by atoms with van der Waals surface area (Å²) in [7, 11) is 0. The third-order valence-electron chi connectivity index (χ3n) is 4.75. The van der Waals surface area contributed by atoms with Gasteiger partial charge in [0.05, 0.1) is 16.9 Å². The molecule has 2 aromatic carbocycles. The minimum absolute atomic E-state index is 0.00692. The molecule has 0 saturated carbocycles. The summed E-state index contributed by atoms with van der Waals surface area (Å²) in [4.78, 5) is 26.8. The molecular weight excluding hydrogens is 376 g/mol. The van der Waals surface area contributed by atoms with E-state index in [0.717, 1.165) is 17.8 Å². The van der Waals surface area contributed by atoms with Gasteiger partial charge in [0, 0.05) is 35.6 Å². The number of amides is 2. The summed E-state index contributed by atoms with van der Waals surface area (Å²) >= 11 is 6.12. The van der Waals surface area contributed by atoms with Crippen LogP contribution >= 0.6 is 11.6 Å². The Morgan fingerprint density at radius 2 is 2.04 bits per heavy atom. The zero-order valence-corrected chi connectivity index (χ0v) is 16.1. The highest BCUT2D eigenvalue weighted by atomic mass is 35.5. The number of hydrogen-bond acceptors (Lipinski definition) is 3. The fourth-order valence-corrected chi connectivity index (χ4v) is 3.54. The Kier molecular flexibility index (Phi) is 4.88. The van der Waals surface area contributed by atoms with Crippen molar-refractivity contribution in [2.75, 3.05) is 16.8 Å². The molecule has 2 amide bonds. The highest BCUT2D eigenvalue weighted by Gasteiger charge is 2.26. The second-order valence-corrected chi connectivity index (χ2v) is 7.14. The first-order valence-electron chi connectivity index (χ1n) is 9.05.